The molecule has 272 valence electrons. The van der Waals surface area contributed by atoms with E-state index >= 15 is 0 Å². The van der Waals surface area contributed by atoms with Crippen LogP contribution in [0.4, 0.5) is 17.1 Å². The summed E-state index contributed by atoms with van der Waals surface area (Å²) in [5.74, 6) is 0. The Kier molecular flexibility index (Phi) is 14.7. The van der Waals surface area contributed by atoms with Crippen LogP contribution in [-0.4, -0.2) is 0 Å². The van der Waals surface area contributed by atoms with Gasteiger partial charge < -0.3 is 4.90 Å². The van der Waals surface area contributed by atoms with Gasteiger partial charge in [-0.05, 0) is 149 Å². The summed E-state index contributed by atoms with van der Waals surface area (Å²) >= 11 is 9.15. The molecule has 0 spiro atoms. The van der Waals surface area contributed by atoms with Crippen LogP contribution in [0.1, 0.15) is 22.3 Å². The molecule has 4 heteroatoms. The van der Waals surface area contributed by atoms with Crippen LogP contribution in [0.15, 0.2) is 215 Å². The molecule has 8 rings (SSSR count). The normalized spacial score (nSPS) is 10.3. The molecule has 8 aromatic carbocycles. The van der Waals surface area contributed by atoms with Crippen LogP contribution in [0.2, 0.25) is 0 Å². The van der Waals surface area contributed by atoms with Crippen molar-refractivity contribution in [3.05, 3.63) is 241 Å². The summed E-state index contributed by atoms with van der Waals surface area (Å²) in [5, 5.41) is 0. The third kappa shape index (κ3) is 12.1. The lowest BCUT2D eigenvalue weighted by Crippen LogP contribution is -2.09. The summed E-state index contributed by atoms with van der Waals surface area (Å²) in [7, 11) is 0. The van der Waals surface area contributed by atoms with Gasteiger partial charge in [-0.1, -0.05) is 176 Å². The van der Waals surface area contributed by atoms with Gasteiger partial charge in [0.2, 0.25) is 0 Å². The Bertz CT molecular complexity index is 2260. The highest BCUT2D eigenvalue weighted by atomic mass is 127. The van der Waals surface area contributed by atoms with Crippen LogP contribution in [0.5, 0.6) is 0 Å². The number of halogens is 3. The van der Waals surface area contributed by atoms with E-state index in [1.54, 1.807) is 0 Å². The number of nitrogens with zero attached hydrogens (tertiary/aromatic N) is 1. The lowest BCUT2D eigenvalue weighted by Gasteiger charge is -2.26. The van der Waals surface area contributed by atoms with Crippen molar-refractivity contribution in [3.8, 4) is 22.3 Å². The van der Waals surface area contributed by atoms with E-state index in [2.05, 4.69) is 261 Å². The van der Waals surface area contributed by atoms with Crippen LogP contribution in [-0.2, 0) is 6.42 Å². The third-order valence-corrected chi connectivity index (χ3v) is 10.8. The van der Waals surface area contributed by atoms with E-state index in [1.165, 1.54) is 48.1 Å². The molecule has 0 unspecified atom stereocenters. The van der Waals surface area contributed by atoms with Gasteiger partial charge in [0, 0.05) is 29.6 Å². The van der Waals surface area contributed by atoms with Crippen molar-refractivity contribution < 1.29 is 0 Å². The molecule has 0 aliphatic heterocycles. The van der Waals surface area contributed by atoms with Crippen LogP contribution in [0.3, 0.4) is 0 Å². The van der Waals surface area contributed by atoms with Gasteiger partial charge in [-0.15, -0.1) is 0 Å². The van der Waals surface area contributed by atoms with Crippen LogP contribution < -0.4 is 4.90 Å². The van der Waals surface area contributed by atoms with Crippen molar-refractivity contribution in [1.82, 2.24) is 0 Å². The highest BCUT2D eigenvalue weighted by Gasteiger charge is 2.12. The minimum Gasteiger partial charge on any atom is -0.311 e. The molecule has 0 bridgehead atoms. The van der Waals surface area contributed by atoms with E-state index in [-0.39, 0.29) is 0 Å². The highest BCUT2D eigenvalue weighted by Crippen LogP contribution is 2.36. The minimum atomic E-state index is 0.995. The minimum absolute atomic E-state index is 0.995. The molecule has 0 N–H and O–H groups in total. The van der Waals surface area contributed by atoms with Crippen molar-refractivity contribution in [2.45, 2.75) is 20.3 Å². The lowest BCUT2D eigenvalue weighted by molar-refractivity contribution is 1.19. The van der Waals surface area contributed by atoms with Crippen molar-refractivity contribution in [2.24, 2.45) is 0 Å². The molecule has 0 radical (unpaired) electrons. The first-order valence-electron chi connectivity index (χ1n) is 18.2. The second kappa shape index (κ2) is 20.2. The van der Waals surface area contributed by atoms with Crippen molar-refractivity contribution in [3.63, 3.8) is 0 Å². The van der Waals surface area contributed by atoms with E-state index in [4.69, 9.17) is 0 Å². The number of benzene rings is 8. The molecular weight excluding hydrogens is 913 g/mol. The summed E-state index contributed by atoms with van der Waals surface area (Å²) in [5.41, 5.74) is 13.7. The van der Waals surface area contributed by atoms with Crippen LogP contribution in [0, 0.1) is 17.4 Å². The van der Waals surface area contributed by atoms with Gasteiger partial charge in [-0.3, -0.25) is 0 Å². The molecule has 0 heterocycles. The van der Waals surface area contributed by atoms with Crippen molar-refractivity contribution >= 4 is 71.5 Å². The predicted octanol–water partition coefficient (Wildman–Crippen LogP) is 16.2. The van der Waals surface area contributed by atoms with Gasteiger partial charge in [0.15, 0.2) is 0 Å². The number of aryl methyl sites for hydroxylation is 2. The standard InChI is InChI=1S/C25H20BrN.C20H18.C6H4BrI/c1-19-7-13-23(14-8-19)27(25-17-11-22(26)12-18-25)24-15-9-21(10-16-24)20-5-3-2-4-6-20;1-16-7-9-17(10-8-16)15-18-11-13-20(14-12-18)19-5-3-2-4-6-19;7-5-1-3-6(8)4-2-5/h2-18H,1H3;2-14H,15H2,1H3;1-4H. The first-order chi connectivity index (χ1) is 26.8. The van der Waals surface area contributed by atoms with Gasteiger partial charge in [-0.25, -0.2) is 0 Å². The Labute approximate surface area is 357 Å². The van der Waals surface area contributed by atoms with Gasteiger partial charge in [0.25, 0.3) is 0 Å². The van der Waals surface area contributed by atoms with Crippen LogP contribution >= 0.6 is 54.5 Å². The quantitative estimate of drug-likeness (QED) is 0.144. The van der Waals surface area contributed by atoms with Gasteiger partial charge in [0.05, 0.1) is 0 Å². The Morgan fingerprint density at radius 2 is 0.673 bits per heavy atom. The van der Waals surface area contributed by atoms with E-state index in [9.17, 15) is 0 Å². The Hall–Kier alpha value is -4.75. The molecule has 0 aliphatic rings. The molecular formula is C51H42Br2IN. The zero-order valence-electron chi connectivity index (χ0n) is 30.9. The topological polar surface area (TPSA) is 3.24 Å². The average Bonchev–Trinajstić information content (AvgIpc) is 3.23. The molecule has 0 amide bonds. The van der Waals surface area contributed by atoms with E-state index in [1.807, 2.05) is 18.2 Å². The summed E-state index contributed by atoms with van der Waals surface area (Å²) in [6, 6.07) is 72.6. The highest BCUT2D eigenvalue weighted by molar-refractivity contribution is 14.1. The number of hydrogen-bond donors (Lipinski definition) is 0. The molecule has 0 saturated heterocycles. The summed E-state index contributed by atoms with van der Waals surface area (Å²) < 4.78 is 3.48. The SMILES string of the molecule is Brc1ccc(I)cc1.Cc1ccc(Cc2ccc(-c3ccccc3)cc2)cc1.Cc1ccc(N(c2ccc(Br)cc2)c2ccc(-c3ccccc3)cc2)cc1. The Balaban J connectivity index is 0.000000160. The molecule has 0 saturated carbocycles. The summed E-state index contributed by atoms with van der Waals surface area (Å²) in [4.78, 5) is 2.28. The number of rotatable bonds is 7. The maximum absolute atomic E-state index is 3.53. The van der Waals surface area contributed by atoms with E-state index < -0.39 is 0 Å². The largest absolute Gasteiger partial charge is 0.311 e. The maximum Gasteiger partial charge on any atom is 0.0462 e. The van der Waals surface area contributed by atoms with Crippen molar-refractivity contribution in [1.29, 1.82) is 0 Å². The fraction of sp³-hybridized carbons (Fsp3) is 0.0588. The van der Waals surface area contributed by atoms with Gasteiger partial charge in [-0.2, -0.15) is 0 Å². The molecule has 0 atom stereocenters. The fourth-order valence-corrected chi connectivity index (χ4v) is 6.87. The second-order valence-electron chi connectivity index (χ2n) is 13.2. The number of anilines is 3. The zero-order chi connectivity index (χ0) is 38.4. The smallest absolute Gasteiger partial charge is 0.0462 e. The van der Waals surface area contributed by atoms with Gasteiger partial charge in [0.1, 0.15) is 0 Å². The monoisotopic (exact) mass is 953 g/mol. The fourth-order valence-electron chi connectivity index (χ4n) is 5.98. The molecule has 0 aromatic heterocycles. The maximum atomic E-state index is 3.53. The lowest BCUT2D eigenvalue weighted by atomic mass is 10.00. The summed E-state index contributed by atoms with van der Waals surface area (Å²) in [6.45, 7) is 4.24. The third-order valence-electron chi connectivity index (χ3n) is 9.00. The predicted molar refractivity (Wildman–Crippen MR) is 252 cm³/mol. The molecule has 8 aromatic rings. The van der Waals surface area contributed by atoms with E-state index in [0.717, 1.165) is 32.4 Å². The molecule has 55 heavy (non-hydrogen) atoms. The van der Waals surface area contributed by atoms with E-state index in [0.29, 0.717) is 0 Å². The first kappa shape index (κ1) is 39.9. The Morgan fingerprint density at radius 3 is 1.09 bits per heavy atom. The molecule has 1 nitrogen and oxygen atoms in total. The van der Waals surface area contributed by atoms with Gasteiger partial charge >= 0.3 is 0 Å². The molecule has 0 aliphatic carbocycles. The second-order valence-corrected chi connectivity index (χ2v) is 16.3. The molecule has 0 fully saturated rings. The van der Waals surface area contributed by atoms with Crippen LogP contribution in [0.25, 0.3) is 22.3 Å². The zero-order valence-corrected chi connectivity index (χ0v) is 36.2. The average molecular weight is 956 g/mol. The van der Waals surface area contributed by atoms with Crippen molar-refractivity contribution in [2.75, 3.05) is 4.90 Å². The number of hydrogen-bond acceptors (Lipinski definition) is 1. The first-order valence-corrected chi connectivity index (χ1v) is 20.9. The Morgan fingerprint density at radius 1 is 0.364 bits per heavy atom. The summed E-state index contributed by atoms with van der Waals surface area (Å²) in [6.07, 6.45) is 0.995.